The predicted molar refractivity (Wildman–Crippen MR) is 46.7 cm³/mol. The topological polar surface area (TPSA) is 42.4 Å². The molecule has 1 aromatic rings. The van der Waals surface area contributed by atoms with E-state index in [0.717, 1.165) is 25.4 Å². The van der Waals surface area contributed by atoms with Gasteiger partial charge in [0.15, 0.2) is 0 Å². The van der Waals surface area contributed by atoms with Crippen LogP contribution in [0.25, 0.3) is 0 Å². The second-order valence-corrected chi connectivity index (χ2v) is 3.54. The molecule has 0 saturated carbocycles. The fourth-order valence-electron chi connectivity index (χ4n) is 1.53. The van der Waals surface area contributed by atoms with E-state index in [1.165, 1.54) is 5.56 Å². The van der Waals surface area contributed by atoms with Gasteiger partial charge < -0.3 is 10.2 Å². The molecule has 2 rings (SSSR count). The lowest BCUT2D eigenvalue weighted by Gasteiger charge is -2.35. The fraction of sp³-hybridized carbons (Fsp3) is 0.556. The second-order valence-electron chi connectivity index (χ2n) is 3.54. The normalized spacial score (nSPS) is 19.5. The van der Waals surface area contributed by atoms with Crippen LogP contribution in [0.4, 0.5) is 0 Å². The Labute approximate surface area is 72.1 Å². The van der Waals surface area contributed by atoms with Crippen LogP contribution >= 0.6 is 0 Å². The third kappa shape index (κ3) is 1.52. The Morgan fingerprint density at radius 1 is 1.67 bits per heavy atom. The van der Waals surface area contributed by atoms with Crippen molar-refractivity contribution in [2.24, 2.45) is 5.73 Å². The molecular weight excluding hydrogens is 152 g/mol. The molecule has 1 aliphatic heterocycles. The van der Waals surface area contributed by atoms with Gasteiger partial charge >= 0.3 is 0 Å². The highest BCUT2D eigenvalue weighted by Crippen LogP contribution is 2.13. The lowest BCUT2D eigenvalue weighted by Crippen LogP contribution is -2.54. The van der Waals surface area contributed by atoms with E-state index < -0.39 is 0 Å². The summed E-state index contributed by atoms with van der Waals surface area (Å²) in [6.07, 6.45) is 1.79. The van der Waals surface area contributed by atoms with Gasteiger partial charge in [0.1, 0.15) is 5.76 Å². The monoisotopic (exact) mass is 166 g/mol. The smallest absolute Gasteiger partial charge is 0.118 e. The van der Waals surface area contributed by atoms with E-state index in [0.29, 0.717) is 6.04 Å². The lowest BCUT2D eigenvalue weighted by atomic mass is 10.1. The van der Waals surface area contributed by atoms with Crippen molar-refractivity contribution in [2.45, 2.75) is 19.5 Å². The second kappa shape index (κ2) is 2.92. The van der Waals surface area contributed by atoms with Gasteiger partial charge in [-0.3, -0.25) is 4.90 Å². The molecule has 1 aliphatic rings. The molecule has 12 heavy (non-hydrogen) atoms. The minimum absolute atomic E-state index is 0.376. The van der Waals surface area contributed by atoms with Crippen LogP contribution in [-0.4, -0.2) is 24.0 Å². The summed E-state index contributed by atoms with van der Waals surface area (Å²) in [7, 11) is 0. The van der Waals surface area contributed by atoms with Crippen molar-refractivity contribution < 1.29 is 4.42 Å². The molecule has 2 N–H and O–H groups in total. The highest BCUT2D eigenvalue weighted by atomic mass is 16.3. The predicted octanol–water partition coefficient (Wildman–Crippen LogP) is 0.731. The van der Waals surface area contributed by atoms with Crippen molar-refractivity contribution in [2.75, 3.05) is 13.1 Å². The Morgan fingerprint density at radius 3 is 2.92 bits per heavy atom. The van der Waals surface area contributed by atoms with E-state index in [-0.39, 0.29) is 0 Å². The molecule has 2 heterocycles. The van der Waals surface area contributed by atoms with Gasteiger partial charge in [-0.2, -0.15) is 0 Å². The summed E-state index contributed by atoms with van der Waals surface area (Å²) in [5.41, 5.74) is 6.85. The first-order valence-corrected chi connectivity index (χ1v) is 4.26. The van der Waals surface area contributed by atoms with Gasteiger partial charge in [-0.25, -0.2) is 0 Å². The van der Waals surface area contributed by atoms with Crippen molar-refractivity contribution in [3.05, 3.63) is 23.7 Å². The zero-order chi connectivity index (χ0) is 8.55. The summed E-state index contributed by atoms with van der Waals surface area (Å²) in [6, 6.07) is 2.45. The van der Waals surface area contributed by atoms with Gasteiger partial charge in [-0.15, -0.1) is 0 Å². The van der Waals surface area contributed by atoms with Crippen molar-refractivity contribution in [3.8, 4) is 0 Å². The Morgan fingerprint density at radius 2 is 2.42 bits per heavy atom. The molecule has 0 amide bonds. The SMILES string of the molecule is Cc1coc(CN2CC(N)C2)c1. The first-order valence-electron chi connectivity index (χ1n) is 4.26. The number of nitrogens with zero attached hydrogens (tertiary/aromatic N) is 1. The highest BCUT2D eigenvalue weighted by Gasteiger charge is 2.23. The average Bonchev–Trinajstić information content (AvgIpc) is 2.33. The zero-order valence-electron chi connectivity index (χ0n) is 7.29. The quantitative estimate of drug-likeness (QED) is 0.704. The Hall–Kier alpha value is -0.800. The van der Waals surface area contributed by atoms with E-state index in [1.54, 1.807) is 6.26 Å². The average molecular weight is 166 g/mol. The molecule has 3 heteroatoms. The standard InChI is InChI=1S/C9H14N2O/c1-7-2-9(12-6-7)5-11-3-8(10)4-11/h2,6,8H,3-5,10H2,1H3. The molecule has 1 fully saturated rings. The van der Waals surface area contributed by atoms with Crippen molar-refractivity contribution >= 4 is 0 Å². The Bertz CT molecular complexity index is 263. The third-order valence-corrected chi connectivity index (χ3v) is 2.15. The van der Waals surface area contributed by atoms with Crippen LogP contribution < -0.4 is 5.73 Å². The number of rotatable bonds is 2. The van der Waals surface area contributed by atoms with Crippen molar-refractivity contribution in [3.63, 3.8) is 0 Å². The summed E-state index contributed by atoms with van der Waals surface area (Å²) in [6.45, 7) is 4.94. The summed E-state index contributed by atoms with van der Waals surface area (Å²) in [4.78, 5) is 2.28. The molecule has 66 valence electrons. The minimum atomic E-state index is 0.376. The Kier molecular flexibility index (Phi) is 1.90. The Balaban J connectivity index is 1.88. The molecule has 1 aromatic heterocycles. The molecular formula is C9H14N2O. The first kappa shape index (κ1) is 7.83. The van der Waals surface area contributed by atoms with Gasteiger partial charge in [-0.1, -0.05) is 0 Å². The van der Waals surface area contributed by atoms with Gasteiger partial charge in [0.25, 0.3) is 0 Å². The van der Waals surface area contributed by atoms with E-state index in [4.69, 9.17) is 10.2 Å². The summed E-state index contributed by atoms with van der Waals surface area (Å²) in [5, 5.41) is 0. The highest BCUT2D eigenvalue weighted by molar-refractivity contribution is 5.10. The third-order valence-electron chi connectivity index (χ3n) is 2.15. The maximum Gasteiger partial charge on any atom is 0.118 e. The summed E-state index contributed by atoms with van der Waals surface area (Å²) in [5.74, 6) is 1.04. The maximum absolute atomic E-state index is 5.66. The molecule has 0 aliphatic carbocycles. The van der Waals surface area contributed by atoms with Crippen LogP contribution in [0.5, 0.6) is 0 Å². The van der Waals surface area contributed by atoms with Gasteiger partial charge in [0.2, 0.25) is 0 Å². The number of aryl methyl sites for hydroxylation is 1. The van der Waals surface area contributed by atoms with Gasteiger partial charge in [-0.05, 0) is 18.6 Å². The van der Waals surface area contributed by atoms with E-state index in [2.05, 4.69) is 11.0 Å². The largest absolute Gasteiger partial charge is 0.468 e. The maximum atomic E-state index is 5.66. The van der Waals surface area contributed by atoms with Crippen LogP contribution in [0.1, 0.15) is 11.3 Å². The van der Waals surface area contributed by atoms with Gasteiger partial charge in [0.05, 0.1) is 12.8 Å². The number of likely N-dealkylation sites (tertiary alicyclic amines) is 1. The molecule has 0 atom stereocenters. The van der Waals surface area contributed by atoms with Crippen LogP contribution in [0.15, 0.2) is 16.7 Å². The zero-order valence-corrected chi connectivity index (χ0v) is 7.29. The number of hydrogen-bond donors (Lipinski definition) is 1. The lowest BCUT2D eigenvalue weighted by molar-refractivity contribution is 0.132. The van der Waals surface area contributed by atoms with Crippen LogP contribution in [0.3, 0.4) is 0 Å². The van der Waals surface area contributed by atoms with E-state index >= 15 is 0 Å². The number of nitrogens with two attached hydrogens (primary N) is 1. The number of furan rings is 1. The van der Waals surface area contributed by atoms with Crippen LogP contribution in [0, 0.1) is 6.92 Å². The molecule has 0 spiro atoms. The fourth-order valence-corrected chi connectivity index (χ4v) is 1.53. The van der Waals surface area contributed by atoms with E-state index in [9.17, 15) is 0 Å². The molecule has 1 saturated heterocycles. The van der Waals surface area contributed by atoms with Crippen molar-refractivity contribution in [1.29, 1.82) is 0 Å². The molecule has 0 unspecified atom stereocenters. The van der Waals surface area contributed by atoms with Crippen LogP contribution in [-0.2, 0) is 6.54 Å². The molecule has 0 aromatic carbocycles. The first-order chi connectivity index (χ1) is 5.74. The number of hydrogen-bond acceptors (Lipinski definition) is 3. The van der Waals surface area contributed by atoms with Crippen LogP contribution in [0.2, 0.25) is 0 Å². The minimum Gasteiger partial charge on any atom is -0.468 e. The summed E-state index contributed by atoms with van der Waals surface area (Å²) >= 11 is 0. The molecule has 3 nitrogen and oxygen atoms in total. The van der Waals surface area contributed by atoms with Crippen molar-refractivity contribution in [1.82, 2.24) is 4.90 Å². The molecule has 0 bridgehead atoms. The van der Waals surface area contributed by atoms with Gasteiger partial charge in [0, 0.05) is 19.1 Å². The molecule has 0 radical (unpaired) electrons. The summed E-state index contributed by atoms with van der Waals surface area (Å²) < 4.78 is 5.32. The van der Waals surface area contributed by atoms with E-state index in [1.807, 2.05) is 6.92 Å².